The lowest BCUT2D eigenvalue weighted by Gasteiger charge is -2.25. The van der Waals surface area contributed by atoms with Crippen LogP contribution in [0.2, 0.25) is 0 Å². The number of benzene rings is 2. The lowest BCUT2D eigenvalue weighted by Crippen LogP contribution is -2.28. The molecular weight excluding hydrogens is 314 g/mol. The van der Waals surface area contributed by atoms with Crippen LogP contribution in [0.25, 0.3) is 0 Å². The van der Waals surface area contributed by atoms with E-state index >= 15 is 0 Å². The van der Waals surface area contributed by atoms with Crippen molar-refractivity contribution < 1.29 is 4.74 Å². The van der Waals surface area contributed by atoms with Crippen LogP contribution >= 0.6 is 15.9 Å². The lowest BCUT2D eigenvalue weighted by molar-refractivity contribution is 0.412. The van der Waals surface area contributed by atoms with Gasteiger partial charge in [0, 0.05) is 18.3 Å². The highest BCUT2D eigenvalue weighted by Crippen LogP contribution is 2.34. The Morgan fingerprint density at radius 1 is 1.25 bits per heavy atom. The third-order valence-electron chi connectivity index (χ3n) is 3.92. The molecule has 104 valence electrons. The fourth-order valence-electron chi connectivity index (χ4n) is 2.88. The van der Waals surface area contributed by atoms with Gasteiger partial charge in [-0.25, -0.2) is 0 Å². The lowest BCUT2D eigenvalue weighted by atomic mass is 10.1. The molecule has 1 atom stereocenters. The molecule has 1 heterocycles. The molecule has 20 heavy (non-hydrogen) atoms. The van der Waals surface area contributed by atoms with Crippen LogP contribution in [-0.4, -0.2) is 13.2 Å². The van der Waals surface area contributed by atoms with Gasteiger partial charge in [-0.1, -0.05) is 24.3 Å². The van der Waals surface area contributed by atoms with Gasteiger partial charge in [0.25, 0.3) is 0 Å². The zero-order valence-electron chi connectivity index (χ0n) is 11.8. The van der Waals surface area contributed by atoms with Crippen LogP contribution < -0.4 is 9.64 Å². The first-order chi connectivity index (χ1) is 9.69. The van der Waals surface area contributed by atoms with Crippen molar-refractivity contribution in [2.45, 2.75) is 25.9 Å². The van der Waals surface area contributed by atoms with E-state index in [0.717, 1.165) is 23.2 Å². The van der Waals surface area contributed by atoms with Gasteiger partial charge in [0.1, 0.15) is 5.75 Å². The number of methoxy groups -OCH3 is 1. The fraction of sp³-hybridized carbons (Fsp3) is 0.294. The second kappa shape index (κ2) is 5.49. The summed E-state index contributed by atoms with van der Waals surface area (Å²) >= 11 is 3.56. The van der Waals surface area contributed by atoms with Gasteiger partial charge in [0.15, 0.2) is 0 Å². The Bertz CT molecular complexity index is 626. The van der Waals surface area contributed by atoms with Crippen molar-refractivity contribution in [3.63, 3.8) is 0 Å². The Hall–Kier alpha value is -1.48. The number of halogens is 1. The molecule has 0 saturated carbocycles. The first-order valence-electron chi connectivity index (χ1n) is 6.86. The van der Waals surface area contributed by atoms with E-state index in [-0.39, 0.29) is 0 Å². The van der Waals surface area contributed by atoms with Gasteiger partial charge in [0.2, 0.25) is 0 Å². The SMILES string of the molecule is COc1ccc(CN2c3ccccc3CC2C)cc1Br. The van der Waals surface area contributed by atoms with Crippen LogP contribution in [0.5, 0.6) is 5.75 Å². The second-order valence-electron chi connectivity index (χ2n) is 5.28. The molecule has 0 aliphatic carbocycles. The standard InChI is InChI=1S/C17H18BrNO/c1-12-9-14-5-3-4-6-16(14)19(12)11-13-7-8-17(20-2)15(18)10-13/h3-8,10,12H,9,11H2,1-2H3. The molecular formula is C17H18BrNO. The van der Waals surface area contributed by atoms with Crippen molar-refractivity contribution in [2.24, 2.45) is 0 Å². The highest BCUT2D eigenvalue weighted by atomic mass is 79.9. The molecule has 0 aromatic heterocycles. The predicted molar refractivity (Wildman–Crippen MR) is 86.5 cm³/mol. The number of para-hydroxylation sites is 1. The van der Waals surface area contributed by atoms with Crippen LogP contribution in [0, 0.1) is 0 Å². The van der Waals surface area contributed by atoms with Gasteiger partial charge in [0.05, 0.1) is 11.6 Å². The molecule has 1 aliphatic rings. The third-order valence-corrected chi connectivity index (χ3v) is 4.54. The number of nitrogens with zero attached hydrogens (tertiary/aromatic N) is 1. The summed E-state index contributed by atoms with van der Waals surface area (Å²) in [6, 6.07) is 15.5. The second-order valence-corrected chi connectivity index (χ2v) is 6.13. The van der Waals surface area contributed by atoms with Gasteiger partial charge >= 0.3 is 0 Å². The maximum atomic E-state index is 5.29. The van der Waals surface area contributed by atoms with Crippen LogP contribution in [0.15, 0.2) is 46.9 Å². The summed E-state index contributed by atoms with van der Waals surface area (Å²) in [6.07, 6.45) is 1.13. The third kappa shape index (κ3) is 2.42. The minimum Gasteiger partial charge on any atom is -0.496 e. The van der Waals surface area contributed by atoms with E-state index in [0.29, 0.717) is 6.04 Å². The minimum atomic E-state index is 0.549. The molecule has 3 rings (SSSR count). The molecule has 0 fully saturated rings. The number of hydrogen-bond donors (Lipinski definition) is 0. The summed E-state index contributed by atoms with van der Waals surface area (Å²) in [7, 11) is 1.69. The summed E-state index contributed by atoms with van der Waals surface area (Å²) in [5.74, 6) is 0.878. The molecule has 1 unspecified atom stereocenters. The first kappa shape index (κ1) is 13.5. The van der Waals surface area contributed by atoms with Crippen LogP contribution in [-0.2, 0) is 13.0 Å². The molecule has 0 saturated heterocycles. The van der Waals surface area contributed by atoms with Crippen molar-refractivity contribution in [3.8, 4) is 5.75 Å². The average molecular weight is 332 g/mol. The summed E-state index contributed by atoms with van der Waals surface area (Å²) in [5, 5.41) is 0. The Kier molecular flexibility index (Phi) is 3.70. The number of anilines is 1. The summed E-state index contributed by atoms with van der Waals surface area (Å²) in [6.45, 7) is 3.22. The Morgan fingerprint density at radius 2 is 2.05 bits per heavy atom. The van der Waals surface area contributed by atoms with E-state index in [2.05, 4.69) is 64.2 Å². The van der Waals surface area contributed by atoms with Gasteiger partial charge in [-0.15, -0.1) is 0 Å². The van der Waals surface area contributed by atoms with Gasteiger partial charge in [-0.05, 0) is 58.6 Å². The van der Waals surface area contributed by atoms with E-state index in [9.17, 15) is 0 Å². The highest BCUT2D eigenvalue weighted by Gasteiger charge is 2.25. The van der Waals surface area contributed by atoms with E-state index in [1.807, 2.05) is 6.07 Å². The van der Waals surface area contributed by atoms with Crippen molar-refractivity contribution >= 4 is 21.6 Å². The summed E-state index contributed by atoms with van der Waals surface area (Å²) < 4.78 is 6.30. The highest BCUT2D eigenvalue weighted by molar-refractivity contribution is 9.10. The normalized spacial score (nSPS) is 17.1. The minimum absolute atomic E-state index is 0.549. The molecule has 2 aromatic carbocycles. The molecule has 2 aromatic rings. The molecule has 0 N–H and O–H groups in total. The van der Waals surface area contributed by atoms with E-state index < -0.39 is 0 Å². The molecule has 0 amide bonds. The van der Waals surface area contributed by atoms with Crippen LogP contribution in [0.3, 0.4) is 0 Å². The van der Waals surface area contributed by atoms with E-state index in [1.165, 1.54) is 16.8 Å². The maximum absolute atomic E-state index is 5.29. The maximum Gasteiger partial charge on any atom is 0.133 e. The smallest absolute Gasteiger partial charge is 0.133 e. The molecule has 2 nitrogen and oxygen atoms in total. The zero-order chi connectivity index (χ0) is 14.1. The average Bonchev–Trinajstić information content (AvgIpc) is 2.76. The molecule has 0 spiro atoms. The van der Waals surface area contributed by atoms with Crippen LogP contribution in [0.1, 0.15) is 18.1 Å². The predicted octanol–water partition coefficient (Wildman–Crippen LogP) is 4.41. The largest absolute Gasteiger partial charge is 0.496 e. The Labute approximate surface area is 128 Å². The zero-order valence-corrected chi connectivity index (χ0v) is 13.4. The van der Waals surface area contributed by atoms with Gasteiger partial charge in [-0.3, -0.25) is 0 Å². The van der Waals surface area contributed by atoms with Gasteiger partial charge < -0.3 is 9.64 Å². The number of fused-ring (bicyclic) bond motifs is 1. The van der Waals surface area contributed by atoms with Crippen LogP contribution in [0.4, 0.5) is 5.69 Å². The molecule has 0 radical (unpaired) electrons. The molecule has 0 bridgehead atoms. The van der Waals surface area contributed by atoms with Crippen molar-refractivity contribution in [3.05, 3.63) is 58.1 Å². The van der Waals surface area contributed by atoms with E-state index in [4.69, 9.17) is 4.74 Å². The number of rotatable bonds is 3. The quantitative estimate of drug-likeness (QED) is 0.826. The molecule has 3 heteroatoms. The van der Waals surface area contributed by atoms with Crippen molar-refractivity contribution in [1.82, 2.24) is 0 Å². The number of ether oxygens (including phenoxy) is 1. The Morgan fingerprint density at radius 3 is 2.80 bits per heavy atom. The molecule has 1 aliphatic heterocycles. The topological polar surface area (TPSA) is 12.5 Å². The van der Waals surface area contributed by atoms with Crippen molar-refractivity contribution in [1.29, 1.82) is 0 Å². The van der Waals surface area contributed by atoms with Crippen molar-refractivity contribution in [2.75, 3.05) is 12.0 Å². The number of hydrogen-bond acceptors (Lipinski definition) is 2. The first-order valence-corrected chi connectivity index (χ1v) is 7.65. The van der Waals surface area contributed by atoms with Gasteiger partial charge in [-0.2, -0.15) is 0 Å². The Balaban J connectivity index is 1.86. The fourth-order valence-corrected chi connectivity index (χ4v) is 3.46. The summed E-state index contributed by atoms with van der Waals surface area (Å²) in [4.78, 5) is 2.48. The summed E-state index contributed by atoms with van der Waals surface area (Å²) in [5.41, 5.74) is 4.11. The van der Waals surface area contributed by atoms with E-state index in [1.54, 1.807) is 7.11 Å². The monoisotopic (exact) mass is 331 g/mol.